The molecule has 0 radical (unpaired) electrons. The van der Waals surface area contributed by atoms with Gasteiger partial charge in [-0.1, -0.05) is 32.1 Å². The Bertz CT molecular complexity index is 611. The van der Waals surface area contributed by atoms with Crippen molar-refractivity contribution < 1.29 is 0 Å². The SMILES string of the molecule is CC(CCC(C)(C)C)Nc1nn2c(=O)ccnc2s1. The molecule has 2 aromatic rings. The van der Waals surface area contributed by atoms with Crippen LogP contribution in [-0.4, -0.2) is 20.6 Å². The normalized spacial score (nSPS) is 13.7. The molecule has 0 spiro atoms. The summed E-state index contributed by atoms with van der Waals surface area (Å²) in [5.74, 6) is 0. The van der Waals surface area contributed by atoms with E-state index in [0.29, 0.717) is 16.4 Å². The number of hydrogen-bond acceptors (Lipinski definition) is 5. The predicted molar refractivity (Wildman–Crippen MR) is 78.9 cm³/mol. The zero-order valence-corrected chi connectivity index (χ0v) is 12.6. The van der Waals surface area contributed by atoms with Gasteiger partial charge in [0.1, 0.15) is 0 Å². The van der Waals surface area contributed by atoms with E-state index in [2.05, 4.69) is 43.1 Å². The van der Waals surface area contributed by atoms with Crippen LogP contribution in [0.4, 0.5) is 5.13 Å². The molecule has 0 saturated heterocycles. The van der Waals surface area contributed by atoms with Gasteiger partial charge in [-0.05, 0) is 25.2 Å². The molecule has 0 fully saturated rings. The fourth-order valence-electron chi connectivity index (χ4n) is 1.73. The average molecular weight is 280 g/mol. The second-order valence-corrected chi connectivity index (χ2v) is 6.99. The van der Waals surface area contributed by atoms with Crippen molar-refractivity contribution in [1.82, 2.24) is 14.6 Å². The Balaban J connectivity index is 2.05. The fraction of sp³-hybridized carbons (Fsp3) is 0.615. The van der Waals surface area contributed by atoms with Gasteiger partial charge in [-0.15, -0.1) is 5.10 Å². The van der Waals surface area contributed by atoms with Crippen LogP contribution in [0.15, 0.2) is 17.1 Å². The first-order chi connectivity index (χ1) is 8.85. The van der Waals surface area contributed by atoms with Gasteiger partial charge in [-0.2, -0.15) is 4.52 Å². The number of aromatic nitrogens is 3. The molecule has 1 unspecified atom stereocenters. The second kappa shape index (κ2) is 5.28. The molecule has 2 aromatic heterocycles. The van der Waals surface area contributed by atoms with Crippen LogP contribution in [-0.2, 0) is 0 Å². The van der Waals surface area contributed by atoms with Gasteiger partial charge in [0.05, 0.1) is 0 Å². The molecule has 104 valence electrons. The van der Waals surface area contributed by atoms with E-state index in [0.717, 1.165) is 18.0 Å². The van der Waals surface area contributed by atoms with Crippen LogP contribution < -0.4 is 10.9 Å². The molecule has 0 aliphatic rings. The molecule has 19 heavy (non-hydrogen) atoms. The summed E-state index contributed by atoms with van der Waals surface area (Å²) in [4.78, 5) is 16.3. The zero-order valence-electron chi connectivity index (χ0n) is 11.8. The van der Waals surface area contributed by atoms with Gasteiger partial charge in [-0.25, -0.2) is 4.98 Å². The minimum Gasteiger partial charge on any atom is -0.358 e. The number of anilines is 1. The Hall–Kier alpha value is -1.43. The molecule has 0 amide bonds. The lowest BCUT2D eigenvalue weighted by Crippen LogP contribution is -2.19. The molecular formula is C13H20N4OS. The summed E-state index contributed by atoms with van der Waals surface area (Å²) < 4.78 is 1.34. The first-order valence-corrected chi connectivity index (χ1v) is 7.28. The van der Waals surface area contributed by atoms with Crippen LogP contribution >= 0.6 is 11.3 Å². The summed E-state index contributed by atoms with van der Waals surface area (Å²) in [6.07, 6.45) is 3.73. The number of rotatable bonds is 4. The van der Waals surface area contributed by atoms with Gasteiger partial charge >= 0.3 is 0 Å². The molecule has 1 atom stereocenters. The summed E-state index contributed by atoms with van der Waals surface area (Å²) in [5.41, 5.74) is 0.193. The van der Waals surface area contributed by atoms with Crippen molar-refractivity contribution in [3.8, 4) is 0 Å². The molecule has 5 nitrogen and oxygen atoms in total. The Kier molecular flexibility index (Phi) is 3.89. The number of fused-ring (bicyclic) bond motifs is 1. The highest BCUT2D eigenvalue weighted by Gasteiger charge is 2.14. The molecule has 0 aliphatic carbocycles. The third kappa shape index (κ3) is 3.76. The van der Waals surface area contributed by atoms with Crippen molar-refractivity contribution in [1.29, 1.82) is 0 Å². The maximum atomic E-state index is 11.6. The van der Waals surface area contributed by atoms with Gasteiger partial charge in [0.25, 0.3) is 5.56 Å². The lowest BCUT2D eigenvalue weighted by molar-refractivity contribution is 0.357. The first-order valence-electron chi connectivity index (χ1n) is 6.46. The van der Waals surface area contributed by atoms with Gasteiger partial charge in [-0.3, -0.25) is 4.79 Å². The van der Waals surface area contributed by atoms with Crippen LogP contribution in [0.2, 0.25) is 0 Å². The van der Waals surface area contributed by atoms with E-state index in [-0.39, 0.29) is 5.56 Å². The highest BCUT2D eigenvalue weighted by molar-refractivity contribution is 7.20. The highest BCUT2D eigenvalue weighted by Crippen LogP contribution is 2.23. The first kappa shape index (κ1) is 14.0. The highest BCUT2D eigenvalue weighted by atomic mass is 32.1. The maximum Gasteiger partial charge on any atom is 0.275 e. The minimum absolute atomic E-state index is 0.142. The molecule has 2 heterocycles. The van der Waals surface area contributed by atoms with Gasteiger partial charge in [0.2, 0.25) is 10.1 Å². The molecule has 0 bridgehead atoms. The Morgan fingerprint density at radius 3 is 2.84 bits per heavy atom. The number of nitrogens with one attached hydrogen (secondary N) is 1. The number of hydrogen-bond donors (Lipinski definition) is 1. The Labute approximate surface area is 116 Å². The largest absolute Gasteiger partial charge is 0.358 e. The molecule has 0 aromatic carbocycles. The summed E-state index contributed by atoms with van der Waals surface area (Å²) in [5, 5.41) is 8.33. The van der Waals surface area contributed by atoms with E-state index in [9.17, 15) is 4.79 Å². The third-order valence-electron chi connectivity index (χ3n) is 2.87. The van der Waals surface area contributed by atoms with Gasteiger partial charge < -0.3 is 5.32 Å². The quantitative estimate of drug-likeness (QED) is 0.935. The van der Waals surface area contributed by atoms with E-state index in [1.54, 1.807) is 0 Å². The monoisotopic (exact) mass is 280 g/mol. The topological polar surface area (TPSA) is 59.3 Å². The molecule has 0 aliphatic heterocycles. The van der Waals surface area contributed by atoms with E-state index in [1.165, 1.54) is 28.1 Å². The molecule has 1 N–H and O–H groups in total. The van der Waals surface area contributed by atoms with Crippen LogP contribution in [0.3, 0.4) is 0 Å². The summed E-state index contributed by atoms with van der Waals surface area (Å²) in [6.45, 7) is 8.84. The van der Waals surface area contributed by atoms with Crippen molar-refractivity contribution in [3.05, 3.63) is 22.6 Å². The summed E-state index contributed by atoms with van der Waals surface area (Å²) in [6, 6.07) is 1.75. The van der Waals surface area contributed by atoms with Crippen molar-refractivity contribution in [2.24, 2.45) is 5.41 Å². The second-order valence-electron chi connectivity index (χ2n) is 6.03. The summed E-state index contributed by atoms with van der Waals surface area (Å²) >= 11 is 1.40. The van der Waals surface area contributed by atoms with Crippen LogP contribution in [0.1, 0.15) is 40.5 Å². The van der Waals surface area contributed by atoms with E-state index in [1.807, 2.05) is 0 Å². The van der Waals surface area contributed by atoms with Gasteiger partial charge in [0.15, 0.2) is 0 Å². The van der Waals surface area contributed by atoms with Crippen molar-refractivity contribution >= 4 is 21.4 Å². The predicted octanol–water partition coefficient (Wildman–Crippen LogP) is 2.78. The minimum atomic E-state index is -0.142. The molecular weight excluding hydrogens is 260 g/mol. The number of nitrogens with zero attached hydrogens (tertiary/aromatic N) is 3. The van der Waals surface area contributed by atoms with Crippen molar-refractivity contribution in [3.63, 3.8) is 0 Å². The van der Waals surface area contributed by atoms with E-state index < -0.39 is 0 Å². The maximum absolute atomic E-state index is 11.6. The van der Waals surface area contributed by atoms with Crippen LogP contribution in [0.5, 0.6) is 0 Å². The lowest BCUT2D eigenvalue weighted by Gasteiger charge is -2.21. The zero-order chi connectivity index (χ0) is 14.0. The van der Waals surface area contributed by atoms with Crippen molar-refractivity contribution in [2.75, 3.05) is 5.32 Å². The van der Waals surface area contributed by atoms with Crippen LogP contribution in [0, 0.1) is 5.41 Å². The van der Waals surface area contributed by atoms with Crippen LogP contribution in [0.25, 0.3) is 4.96 Å². The Morgan fingerprint density at radius 1 is 1.47 bits per heavy atom. The summed E-state index contributed by atoms with van der Waals surface area (Å²) in [7, 11) is 0. The molecule has 2 rings (SSSR count). The van der Waals surface area contributed by atoms with Crippen molar-refractivity contribution in [2.45, 2.75) is 46.6 Å². The third-order valence-corrected chi connectivity index (χ3v) is 3.72. The van der Waals surface area contributed by atoms with E-state index >= 15 is 0 Å². The fourth-order valence-corrected chi connectivity index (χ4v) is 2.62. The molecule has 6 heteroatoms. The smallest absolute Gasteiger partial charge is 0.275 e. The average Bonchev–Trinajstić information content (AvgIpc) is 2.69. The lowest BCUT2D eigenvalue weighted by atomic mass is 9.89. The molecule has 0 saturated carbocycles. The Morgan fingerprint density at radius 2 is 2.21 bits per heavy atom. The van der Waals surface area contributed by atoms with E-state index in [4.69, 9.17) is 0 Å². The standard InChI is InChI=1S/C13H20N4OS/c1-9(5-7-13(2,3)4)15-11-16-17-10(18)6-8-14-12(17)19-11/h6,8-9H,5,7H2,1-4H3,(H,15,16). The van der Waals surface area contributed by atoms with Gasteiger partial charge in [0, 0.05) is 18.3 Å².